The maximum absolute atomic E-state index is 11.9. The summed E-state index contributed by atoms with van der Waals surface area (Å²) < 4.78 is 0. The molecule has 0 fully saturated rings. The van der Waals surface area contributed by atoms with Crippen molar-refractivity contribution < 1.29 is 9.59 Å². The van der Waals surface area contributed by atoms with E-state index in [0.717, 1.165) is 11.1 Å². The molecule has 1 aliphatic rings. The molecule has 3 heteroatoms. The molecule has 3 nitrogen and oxygen atoms in total. The number of primary amides is 1. The smallest absolute Gasteiger partial charge is 0.232 e. The van der Waals surface area contributed by atoms with Gasteiger partial charge in [-0.15, -0.1) is 0 Å². The molecule has 76 valence electrons. The number of hydrogen-bond acceptors (Lipinski definition) is 2. The monoisotopic (exact) mass is 201 g/mol. The van der Waals surface area contributed by atoms with E-state index in [1.807, 2.05) is 12.1 Å². The summed E-state index contributed by atoms with van der Waals surface area (Å²) in [7, 11) is 0. The molecule has 1 unspecified atom stereocenters. The molecule has 2 rings (SSSR count). The average Bonchev–Trinajstić information content (AvgIpc) is 2.52. The largest absolute Gasteiger partial charge is 0.369 e. The number of carbonyl (C=O) groups excluding carboxylic acids is 2. The van der Waals surface area contributed by atoms with E-state index in [0.29, 0.717) is 5.56 Å². The molecule has 1 aromatic rings. The van der Waals surface area contributed by atoms with E-state index >= 15 is 0 Å². The number of hydrogen-bond donors (Lipinski definition) is 1. The van der Waals surface area contributed by atoms with E-state index in [1.165, 1.54) is 0 Å². The van der Waals surface area contributed by atoms with Gasteiger partial charge in [-0.1, -0.05) is 30.3 Å². The second-order valence-electron chi connectivity index (χ2n) is 3.49. The fraction of sp³-hybridized carbons (Fsp3) is 0.167. The van der Waals surface area contributed by atoms with Crippen molar-refractivity contribution in [2.45, 2.75) is 6.92 Å². The highest BCUT2D eigenvalue weighted by atomic mass is 16.2. The number of Topliss-reactive ketones (excluding diaryl/α,β-unsaturated/α-hetero) is 1. The Bertz CT molecular complexity index is 474. The number of rotatable bonds is 1. The lowest BCUT2D eigenvalue weighted by molar-refractivity contribution is -0.118. The maximum atomic E-state index is 11.9. The molecule has 0 saturated carbocycles. The predicted octanol–water partition coefficient (Wildman–Crippen LogP) is 1.39. The SMILES string of the molecule is C/C=C1/c2ccccc2C(=O)C1C(N)=O. The molecule has 0 heterocycles. The first kappa shape index (κ1) is 9.65. The van der Waals surface area contributed by atoms with Crippen molar-refractivity contribution in [1.29, 1.82) is 0 Å². The lowest BCUT2D eigenvalue weighted by Crippen LogP contribution is -2.27. The van der Waals surface area contributed by atoms with Gasteiger partial charge < -0.3 is 5.73 Å². The summed E-state index contributed by atoms with van der Waals surface area (Å²) in [6.45, 7) is 1.81. The molecule has 1 amide bonds. The minimum atomic E-state index is -0.799. The normalized spacial score (nSPS) is 21.8. The van der Waals surface area contributed by atoms with Crippen molar-refractivity contribution in [3.05, 3.63) is 41.5 Å². The van der Waals surface area contributed by atoms with Gasteiger partial charge in [0.05, 0.1) is 0 Å². The van der Waals surface area contributed by atoms with Crippen LogP contribution in [0.1, 0.15) is 22.8 Å². The van der Waals surface area contributed by atoms with Gasteiger partial charge in [0.15, 0.2) is 5.78 Å². The van der Waals surface area contributed by atoms with Crippen LogP contribution in [0.2, 0.25) is 0 Å². The second-order valence-corrected chi connectivity index (χ2v) is 3.49. The Hall–Kier alpha value is -1.90. The number of allylic oxidation sites excluding steroid dienone is 1. The molecule has 0 radical (unpaired) electrons. The molecule has 1 aromatic carbocycles. The molecular weight excluding hydrogens is 190 g/mol. The van der Waals surface area contributed by atoms with Crippen LogP contribution in [0.15, 0.2) is 30.3 Å². The van der Waals surface area contributed by atoms with Gasteiger partial charge in [-0.05, 0) is 18.1 Å². The van der Waals surface area contributed by atoms with Crippen molar-refractivity contribution in [3.8, 4) is 0 Å². The second kappa shape index (κ2) is 3.35. The van der Waals surface area contributed by atoms with Gasteiger partial charge in [-0.3, -0.25) is 9.59 Å². The maximum Gasteiger partial charge on any atom is 0.232 e. The zero-order chi connectivity index (χ0) is 11.0. The number of fused-ring (bicyclic) bond motifs is 1. The van der Waals surface area contributed by atoms with E-state index in [4.69, 9.17) is 5.73 Å². The van der Waals surface area contributed by atoms with E-state index in [-0.39, 0.29) is 5.78 Å². The Morgan fingerprint density at radius 3 is 2.47 bits per heavy atom. The quantitative estimate of drug-likeness (QED) is 0.698. The third-order valence-corrected chi connectivity index (χ3v) is 2.67. The molecule has 0 saturated heterocycles. The first-order valence-corrected chi connectivity index (χ1v) is 4.76. The minimum absolute atomic E-state index is 0.189. The van der Waals surface area contributed by atoms with Crippen molar-refractivity contribution in [1.82, 2.24) is 0 Å². The Kier molecular flexibility index (Phi) is 2.15. The van der Waals surface area contributed by atoms with Gasteiger partial charge in [-0.25, -0.2) is 0 Å². The minimum Gasteiger partial charge on any atom is -0.369 e. The third kappa shape index (κ3) is 1.28. The van der Waals surface area contributed by atoms with Crippen LogP contribution < -0.4 is 5.73 Å². The first-order chi connectivity index (χ1) is 7.16. The van der Waals surface area contributed by atoms with Gasteiger partial charge in [-0.2, -0.15) is 0 Å². The highest BCUT2D eigenvalue weighted by Crippen LogP contribution is 2.36. The Labute approximate surface area is 87.6 Å². The molecule has 1 atom stereocenters. The van der Waals surface area contributed by atoms with Gasteiger partial charge in [0.2, 0.25) is 5.91 Å². The van der Waals surface area contributed by atoms with Crippen LogP contribution in [0.3, 0.4) is 0 Å². The van der Waals surface area contributed by atoms with Gasteiger partial charge in [0, 0.05) is 5.56 Å². The average molecular weight is 201 g/mol. The van der Waals surface area contributed by atoms with Crippen LogP contribution in [0.4, 0.5) is 0 Å². The number of nitrogens with two attached hydrogens (primary N) is 1. The van der Waals surface area contributed by atoms with Crippen LogP contribution in [0, 0.1) is 5.92 Å². The highest BCUT2D eigenvalue weighted by Gasteiger charge is 2.37. The molecule has 0 aromatic heterocycles. The molecule has 0 spiro atoms. The highest BCUT2D eigenvalue weighted by molar-refractivity contribution is 6.24. The van der Waals surface area contributed by atoms with Crippen LogP contribution >= 0.6 is 0 Å². The summed E-state index contributed by atoms with van der Waals surface area (Å²) in [5.41, 5.74) is 7.38. The van der Waals surface area contributed by atoms with E-state index < -0.39 is 11.8 Å². The van der Waals surface area contributed by atoms with Gasteiger partial charge in [0.25, 0.3) is 0 Å². The fourth-order valence-electron chi connectivity index (χ4n) is 2.01. The zero-order valence-electron chi connectivity index (χ0n) is 8.36. The van der Waals surface area contributed by atoms with Gasteiger partial charge in [0.1, 0.15) is 5.92 Å². The van der Waals surface area contributed by atoms with Crippen LogP contribution in [-0.2, 0) is 4.79 Å². The van der Waals surface area contributed by atoms with E-state index in [1.54, 1.807) is 25.1 Å². The Morgan fingerprint density at radius 1 is 1.33 bits per heavy atom. The third-order valence-electron chi connectivity index (χ3n) is 2.67. The summed E-state index contributed by atoms with van der Waals surface area (Å²) in [6.07, 6.45) is 1.78. The number of carbonyl (C=O) groups is 2. The van der Waals surface area contributed by atoms with Crippen LogP contribution in [-0.4, -0.2) is 11.7 Å². The molecule has 0 bridgehead atoms. The summed E-state index contributed by atoms with van der Waals surface area (Å²) in [5.74, 6) is -1.57. The van der Waals surface area contributed by atoms with E-state index in [2.05, 4.69) is 0 Å². The Morgan fingerprint density at radius 2 is 1.93 bits per heavy atom. The predicted molar refractivity (Wildman–Crippen MR) is 57.1 cm³/mol. The number of ketones is 1. The van der Waals surface area contributed by atoms with Crippen LogP contribution in [0.25, 0.3) is 5.57 Å². The van der Waals surface area contributed by atoms with Crippen molar-refractivity contribution in [3.63, 3.8) is 0 Å². The molecule has 1 aliphatic carbocycles. The number of amides is 1. The number of benzene rings is 1. The molecule has 0 aliphatic heterocycles. The summed E-state index contributed by atoms with van der Waals surface area (Å²) in [5, 5.41) is 0. The summed E-state index contributed by atoms with van der Waals surface area (Å²) >= 11 is 0. The standard InChI is InChI=1S/C12H11NO2/c1-2-7-8-5-3-4-6-9(8)11(14)10(7)12(13)15/h2-6,10H,1H3,(H2,13,15)/b7-2-. The first-order valence-electron chi connectivity index (χ1n) is 4.76. The van der Waals surface area contributed by atoms with Crippen molar-refractivity contribution in [2.24, 2.45) is 11.7 Å². The lowest BCUT2D eigenvalue weighted by atomic mass is 9.98. The van der Waals surface area contributed by atoms with Crippen molar-refractivity contribution >= 4 is 17.3 Å². The van der Waals surface area contributed by atoms with E-state index in [9.17, 15) is 9.59 Å². The summed E-state index contributed by atoms with van der Waals surface area (Å²) in [4.78, 5) is 23.1. The van der Waals surface area contributed by atoms with Crippen LogP contribution in [0.5, 0.6) is 0 Å². The molecule has 2 N–H and O–H groups in total. The fourth-order valence-corrected chi connectivity index (χ4v) is 2.01. The van der Waals surface area contributed by atoms with Crippen molar-refractivity contribution in [2.75, 3.05) is 0 Å². The molecular formula is C12H11NO2. The Balaban J connectivity index is 2.64. The molecule has 15 heavy (non-hydrogen) atoms. The summed E-state index contributed by atoms with van der Waals surface area (Å²) in [6, 6.07) is 7.20. The lowest BCUT2D eigenvalue weighted by Gasteiger charge is -2.05. The zero-order valence-corrected chi connectivity index (χ0v) is 8.36. The van der Waals surface area contributed by atoms with Gasteiger partial charge >= 0.3 is 0 Å². The topological polar surface area (TPSA) is 60.2 Å².